The summed E-state index contributed by atoms with van der Waals surface area (Å²) in [6.45, 7) is 4.74. The van der Waals surface area contributed by atoms with Crippen molar-refractivity contribution in [1.82, 2.24) is 19.5 Å². The van der Waals surface area contributed by atoms with Crippen LogP contribution in [0, 0.1) is 13.8 Å². The van der Waals surface area contributed by atoms with Gasteiger partial charge in [-0.05, 0) is 30.9 Å². The Balaban J connectivity index is 1.93. The molecule has 0 saturated carbocycles. The molecule has 3 aromatic rings. The van der Waals surface area contributed by atoms with Crippen molar-refractivity contribution in [2.45, 2.75) is 20.4 Å². The summed E-state index contributed by atoms with van der Waals surface area (Å²) in [5.41, 5.74) is 3.13. The highest BCUT2D eigenvalue weighted by atomic mass is 32.1. The summed E-state index contributed by atoms with van der Waals surface area (Å²) in [5, 5.41) is 2.09. The number of imidazole rings is 1. The quantitative estimate of drug-likeness (QED) is 0.734. The number of aryl methyl sites for hydroxylation is 2. The van der Waals surface area contributed by atoms with Crippen LogP contribution < -0.4 is 0 Å². The molecule has 0 radical (unpaired) electrons. The molecule has 4 nitrogen and oxygen atoms in total. The fraction of sp³-hybridized carbons (Fsp3) is 0.214. The first kappa shape index (κ1) is 12.0. The van der Waals surface area contributed by atoms with Crippen LogP contribution in [-0.2, 0) is 6.54 Å². The fourth-order valence-electron chi connectivity index (χ4n) is 1.92. The molecule has 0 aliphatic rings. The Kier molecular flexibility index (Phi) is 3.13. The maximum atomic E-state index is 4.46. The Morgan fingerprint density at radius 3 is 2.74 bits per heavy atom. The second-order valence-electron chi connectivity index (χ2n) is 4.46. The highest BCUT2D eigenvalue weighted by Crippen LogP contribution is 2.27. The molecular formula is C14H14N4S. The lowest BCUT2D eigenvalue weighted by atomic mass is 10.3. The molecule has 3 rings (SSSR count). The van der Waals surface area contributed by atoms with Gasteiger partial charge in [-0.1, -0.05) is 0 Å². The Morgan fingerprint density at radius 2 is 2.05 bits per heavy atom. The molecule has 0 amide bonds. The van der Waals surface area contributed by atoms with Crippen LogP contribution in [0.25, 0.3) is 10.7 Å². The van der Waals surface area contributed by atoms with E-state index in [-0.39, 0.29) is 0 Å². The normalized spacial score (nSPS) is 10.8. The molecule has 5 heteroatoms. The number of aromatic nitrogens is 4. The van der Waals surface area contributed by atoms with Gasteiger partial charge in [0, 0.05) is 18.6 Å². The topological polar surface area (TPSA) is 43.6 Å². The number of hydrogen-bond acceptors (Lipinski definition) is 4. The van der Waals surface area contributed by atoms with E-state index in [9.17, 15) is 0 Å². The maximum absolute atomic E-state index is 4.46. The molecular weight excluding hydrogens is 256 g/mol. The molecule has 0 unspecified atom stereocenters. The molecule has 0 aliphatic carbocycles. The van der Waals surface area contributed by atoms with Crippen LogP contribution in [-0.4, -0.2) is 19.5 Å². The van der Waals surface area contributed by atoms with Gasteiger partial charge < -0.3 is 4.57 Å². The van der Waals surface area contributed by atoms with E-state index in [0.717, 1.165) is 17.2 Å². The Morgan fingerprint density at radius 1 is 1.16 bits per heavy atom. The monoisotopic (exact) mass is 270 g/mol. The van der Waals surface area contributed by atoms with Crippen LogP contribution in [0.4, 0.5) is 0 Å². The van der Waals surface area contributed by atoms with Crippen LogP contribution in [0.1, 0.15) is 17.0 Å². The minimum absolute atomic E-state index is 0.694. The van der Waals surface area contributed by atoms with Gasteiger partial charge in [0.2, 0.25) is 0 Å². The second kappa shape index (κ2) is 4.93. The lowest BCUT2D eigenvalue weighted by Gasteiger charge is -2.07. The molecule has 19 heavy (non-hydrogen) atoms. The molecule has 0 aliphatic heterocycles. The van der Waals surface area contributed by atoms with Crippen LogP contribution >= 0.6 is 11.3 Å². The summed E-state index contributed by atoms with van der Waals surface area (Å²) in [6.07, 6.45) is 7.43. The van der Waals surface area contributed by atoms with Gasteiger partial charge in [0.05, 0.1) is 29.0 Å². The average molecular weight is 270 g/mol. The van der Waals surface area contributed by atoms with E-state index in [1.807, 2.05) is 25.5 Å². The smallest absolute Gasteiger partial charge is 0.150 e. The molecule has 0 N–H and O–H groups in total. The van der Waals surface area contributed by atoms with Crippen LogP contribution in [0.15, 0.2) is 36.2 Å². The Labute approximate surface area is 115 Å². The maximum Gasteiger partial charge on any atom is 0.150 e. The molecule has 0 atom stereocenters. The average Bonchev–Trinajstić information content (AvgIpc) is 3.01. The van der Waals surface area contributed by atoms with Crippen LogP contribution in [0.2, 0.25) is 0 Å². The molecule has 0 spiro atoms. The van der Waals surface area contributed by atoms with Gasteiger partial charge in [-0.15, -0.1) is 11.3 Å². The summed E-state index contributed by atoms with van der Waals surface area (Å²) >= 11 is 1.72. The van der Waals surface area contributed by atoms with E-state index in [2.05, 4.69) is 37.9 Å². The zero-order valence-electron chi connectivity index (χ0n) is 10.9. The van der Waals surface area contributed by atoms with Crippen molar-refractivity contribution >= 4 is 11.3 Å². The standard InChI is InChI=1S/C14H14N4S/c1-10-3-6-19-13(10)14-15-4-5-18(14)9-12-8-16-11(2)7-17-12/h3-8H,9H2,1-2H3. The van der Waals surface area contributed by atoms with Gasteiger partial charge in [0.1, 0.15) is 0 Å². The SMILES string of the molecule is Cc1cnc(Cn2ccnc2-c2sccc2C)cn1. The van der Waals surface area contributed by atoms with E-state index in [1.165, 1.54) is 10.4 Å². The van der Waals surface area contributed by atoms with Crippen molar-refractivity contribution in [1.29, 1.82) is 0 Å². The van der Waals surface area contributed by atoms with E-state index < -0.39 is 0 Å². The number of rotatable bonds is 3. The molecule has 0 saturated heterocycles. The van der Waals surface area contributed by atoms with Crippen LogP contribution in [0.3, 0.4) is 0 Å². The first-order chi connectivity index (χ1) is 9.24. The largest absolute Gasteiger partial charge is 0.324 e. The van der Waals surface area contributed by atoms with Gasteiger partial charge >= 0.3 is 0 Å². The summed E-state index contributed by atoms with van der Waals surface area (Å²) in [7, 11) is 0. The highest BCUT2D eigenvalue weighted by molar-refractivity contribution is 7.13. The molecule has 96 valence electrons. The zero-order valence-corrected chi connectivity index (χ0v) is 11.7. The Hall–Kier alpha value is -2.01. The van der Waals surface area contributed by atoms with E-state index in [0.29, 0.717) is 6.54 Å². The summed E-state index contributed by atoms with van der Waals surface area (Å²) in [5.74, 6) is 0.995. The molecule has 3 heterocycles. The predicted octanol–water partition coefficient (Wildman–Crippen LogP) is 3.07. The van der Waals surface area contributed by atoms with Crippen molar-refractivity contribution in [3.05, 3.63) is 53.2 Å². The molecule has 3 aromatic heterocycles. The van der Waals surface area contributed by atoms with Crippen LogP contribution in [0.5, 0.6) is 0 Å². The minimum Gasteiger partial charge on any atom is -0.324 e. The molecule has 0 aromatic carbocycles. The third-order valence-corrected chi connectivity index (χ3v) is 3.96. The van der Waals surface area contributed by atoms with Gasteiger partial charge in [0.25, 0.3) is 0 Å². The minimum atomic E-state index is 0.694. The first-order valence-corrected chi connectivity index (χ1v) is 6.95. The lowest BCUT2D eigenvalue weighted by Crippen LogP contribution is -2.03. The molecule has 0 bridgehead atoms. The highest BCUT2D eigenvalue weighted by Gasteiger charge is 2.10. The van der Waals surface area contributed by atoms with E-state index in [1.54, 1.807) is 17.5 Å². The van der Waals surface area contributed by atoms with E-state index in [4.69, 9.17) is 0 Å². The second-order valence-corrected chi connectivity index (χ2v) is 5.38. The predicted molar refractivity (Wildman–Crippen MR) is 76.1 cm³/mol. The number of hydrogen-bond donors (Lipinski definition) is 0. The number of nitrogens with zero attached hydrogens (tertiary/aromatic N) is 4. The van der Waals surface area contributed by atoms with Gasteiger partial charge in [-0.25, -0.2) is 4.98 Å². The van der Waals surface area contributed by atoms with E-state index >= 15 is 0 Å². The summed E-state index contributed by atoms with van der Waals surface area (Å²) in [4.78, 5) is 14.3. The lowest BCUT2D eigenvalue weighted by molar-refractivity contribution is 0.774. The van der Waals surface area contributed by atoms with Gasteiger partial charge in [-0.2, -0.15) is 0 Å². The van der Waals surface area contributed by atoms with Crippen molar-refractivity contribution in [2.75, 3.05) is 0 Å². The summed E-state index contributed by atoms with van der Waals surface area (Å²) < 4.78 is 2.11. The van der Waals surface area contributed by atoms with Crippen molar-refractivity contribution in [3.63, 3.8) is 0 Å². The van der Waals surface area contributed by atoms with Crippen molar-refractivity contribution in [3.8, 4) is 10.7 Å². The number of thiophene rings is 1. The first-order valence-electron chi connectivity index (χ1n) is 6.07. The fourth-order valence-corrected chi connectivity index (χ4v) is 2.86. The van der Waals surface area contributed by atoms with Crippen molar-refractivity contribution < 1.29 is 0 Å². The summed E-state index contributed by atoms with van der Waals surface area (Å²) in [6, 6.07) is 2.12. The van der Waals surface area contributed by atoms with Gasteiger partial charge in [0.15, 0.2) is 5.82 Å². The zero-order chi connectivity index (χ0) is 13.2. The third-order valence-electron chi connectivity index (χ3n) is 2.95. The third kappa shape index (κ3) is 2.42. The van der Waals surface area contributed by atoms with Crippen molar-refractivity contribution in [2.24, 2.45) is 0 Å². The Bertz CT molecular complexity index is 682. The molecule has 0 fully saturated rings. The van der Waals surface area contributed by atoms with Gasteiger partial charge in [-0.3, -0.25) is 9.97 Å².